The van der Waals surface area contributed by atoms with Crippen LogP contribution in [0.1, 0.15) is 12.0 Å². The standard InChI is InChI=1S/C19H18N2O5/c1-24-16-7-2-3-8-17(16)25-10-9-19(23)26-13-18(22)21-15-6-4-5-14(11-15)12-20/h2-8,11H,9-10,13H2,1H3,(H,21,22). The number of anilines is 1. The van der Waals surface area contributed by atoms with Gasteiger partial charge in [0.1, 0.15) is 0 Å². The van der Waals surface area contributed by atoms with Crippen LogP contribution in [0, 0.1) is 11.3 Å². The molecule has 134 valence electrons. The Bertz CT molecular complexity index is 814. The van der Waals surface area contributed by atoms with E-state index < -0.39 is 18.5 Å². The van der Waals surface area contributed by atoms with E-state index in [1.807, 2.05) is 12.1 Å². The van der Waals surface area contributed by atoms with Crippen LogP contribution in [0.2, 0.25) is 0 Å². The normalized spacial score (nSPS) is 9.69. The van der Waals surface area contributed by atoms with Gasteiger partial charge in [0.2, 0.25) is 0 Å². The molecule has 0 spiro atoms. The molecule has 26 heavy (non-hydrogen) atoms. The van der Waals surface area contributed by atoms with E-state index >= 15 is 0 Å². The third-order valence-corrected chi connectivity index (χ3v) is 3.27. The SMILES string of the molecule is COc1ccccc1OCCC(=O)OCC(=O)Nc1cccc(C#N)c1. The molecule has 0 unspecified atom stereocenters. The molecule has 0 aliphatic rings. The highest BCUT2D eigenvalue weighted by Gasteiger charge is 2.09. The first-order valence-electron chi connectivity index (χ1n) is 7.84. The van der Waals surface area contributed by atoms with Crippen molar-refractivity contribution in [1.29, 1.82) is 5.26 Å². The number of nitrogens with one attached hydrogen (secondary N) is 1. The fraction of sp³-hybridized carbons (Fsp3) is 0.211. The van der Waals surface area contributed by atoms with Gasteiger partial charge >= 0.3 is 5.97 Å². The largest absolute Gasteiger partial charge is 0.493 e. The van der Waals surface area contributed by atoms with Crippen LogP contribution in [0.25, 0.3) is 0 Å². The number of hydrogen-bond donors (Lipinski definition) is 1. The molecule has 0 heterocycles. The Morgan fingerprint density at radius 2 is 1.88 bits per heavy atom. The molecule has 7 nitrogen and oxygen atoms in total. The second-order valence-corrected chi connectivity index (χ2v) is 5.15. The predicted molar refractivity (Wildman–Crippen MR) is 93.9 cm³/mol. The molecule has 0 aliphatic heterocycles. The van der Waals surface area contributed by atoms with Gasteiger partial charge in [0.15, 0.2) is 18.1 Å². The van der Waals surface area contributed by atoms with Crippen molar-refractivity contribution in [3.05, 3.63) is 54.1 Å². The van der Waals surface area contributed by atoms with Gasteiger partial charge in [-0.15, -0.1) is 0 Å². The van der Waals surface area contributed by atoms with Gasteiger partial charge in [-0.25, -0.2) is 0 Å². The Morgan fingerprint density at radius 3 is 2.62 bits per heavy atom. The van der Waals surface area contributed by atoms with Crippen LogP contribution in [0.3, 0.4) is 0 Å². The fourth-order valence-corrected chi connectivity index (χ4v) is 2.06. The van der Waals surface area contributed by atoms with Gasteiger partial charge in [-0.2, -0.15) is 5.26 Å². The predicted octanol–water partition coefficient (Wildman–Crippen LogP) is 2.52. The average Bonchev–Trinajstić information content (AvgIpc) is 2.67. The summed E-state index contributed by atoms with van der Waals surface area (Å²) in [4.78, 5) is 23.5. The van der Waals surface area contributed by atoms with Crippen LogP contribution in [0.4, 0.5) is 5.69 Å². The first kappa shape index (κ1) is 18.8. The molecule has 0 saturated heterocycles. The average molecular weight is 354 g/mol. The van der Waals surface area contributed by atoms with Crippen molar-refractivity contribution in [3.63, 3.8) is 0 Å². The highest BCUT2D eigenvalue weighted by atomic mass is 16.5. The molecule has 1 amide bonds. The Morgan fingerprint density at radius 1 is 1.12 bits per heavy atom. The van der Waals surface area contributed by atoms with E-state index in [-0.39, 0.29) is 13.0 Å². The van der Waals surface area contributed by atoms with Crippen molar-refractivity contribution < 1.29 is 23.8 Å². The van der Waals surface area contributed by atoms with Gasteiger partial charge in [0.25, 0.3) is 5.91 Å². The summed E-state index contributed by atoms with van der Waals surface area (Å²) < 4.78 is 15.5. The lowest BCUT2D eigenvalue weighted by atomic mass is 10.2. The minimum absolute atomic E-state index is 0.00472. The first-order valence-corrected chi connectivity index (χ1v) is 7.84. The number of nitriles is 1. The fourth-order valence-electron chi connectivity index (χ4n) is 2.06. The van der Waals surface area contributed by atoms with E-state index in [1.54, 1.807) is 36.4 Å². The number of ether oxygens (including phenoxy) is 3. The lowest BCUT2D eigenvalue weighted by molar-refractivity contribution is -0.147. The quantitative estimate of drug-likeness (QED) is 0.732. The van der Waals surface area contributed by atoms with Crippen LogP contribution >= 0.6 is 0 Å². The number of carbonyl (C=O) groups is 2. The molecule has 1 N–H and O–H groups in total. The van der Waals surface area contributed by atoms with E-state index in [1.165, 1.54) is 13.2 Å². The maximum atomic E-state index is 11.8. The Hall–Kier alpha value is -3.53. The molecule has 0 aromatic heterocycles. The van der Waals surface area contributed by atoms with E-state index in [0.29, 0.717) is 22.7 Å². The van der Waals surface area contributed by atoms with E-state index in [4.69, 9.17) is 19.5 Å². The van der Waals surface area contributed by atoms with Gasteiger partial charge in [-0.1, -0.05) is 18.2 Å². The summed E-state index contributed by atoms with van der Waals surface area (Å²) in [5.41, 5.74) is 0.887. The van der Waals surface area contributed by atoms with Gasteiger partial charge < -0.3 is 19.5 Å². The first-order chi connectivity index (χ1) is 12.6. The van der Waals surface area contributed by atoms with Crippen molar-refractivity contribution in [2.45, 2.75) is 6.42 Å². The molecule has 2 aromatic carbocycles. The van der Waals surface area contributed by atoms with Gasteiger partial charge in [-0.3, -0.25) is 9.59 Å². The number of esters is 1. The van der Waals surface area contributed by atoms with Crippen molar-refractivity contribution in [2.24, 2.45) is 0 Å². The van der Waals surface area contributed by atoms with Gasteiger partial charge in [-0.05, 0) is 30.3 Å². The van der Waals surface area contributed by atoms with Gasteiger partial charge in [0.05, 0.1) is 31.8 Å². The van der Waals surface area contributed by atoms with Crippen LogP contribution in [-0.2, 0) is 14.3 Å². The zero-order valence-electron chi connectivity index (χ0n) is 14.2. The summed E-state index contributed by atoms with van der Waals surface area (Å²) in [6, 6.07) is 15.5. The van der Waals surface area contributed by atoms with Crippen LogP contribution in [0.15, 0.2) is 48.5 Å². The number of benzene rings is 2. The zero-order chi connectivity index (χ0) is 18.8. The van der Waals surface area contributed by atoms with Gasteiger partial charge in [0, 0.05) is 5.69 Å². The second-order valence-electron chi connectivity index (χ2n) is 5.15. The molecule has 0 bridgehead atoms. The minimum Gasteiger partial charge on any atom is -0.493 e. The van der Waals surface area contributed by atoms with E-state index in [9.17, 15) is 9.59 Å². The lowest BCUT2D eigenvalue weighted by Crippen LogP contribution is -2.21. The summed E-state index contributed by atoms with van der Waals surface area (Å²) in [7, 11) is 1.53. The maximum absolute atomic E-state index is 11.8. The Labute approximate surface area is 151 Å². The number of methoxy groups -OCH3 is 1. The van der Waals surface area contributed by atoms with Crippen molar-refractivity contribution >= 4 is 17.6 Å². The molecule has 7 heteroatoms. The molecule has 2 aromatic rings. The molecule has 0 fully saturated rings. The van der Waals surface area contributed by atoms with Crippen LogP contribution in [0.5, 0.6) is 11.5 Å². The molecule has 0 radical (unpaired) electrons. The third-order valence-electron chi connectivity index (χ3n) is 3.27. The second kappa shape index (κ2) is 9.69. The number of nitrogens with zero attached hydrogens (tertiary/aromatic N) is 1. The number of hydrogen-bond acceptors (Lipinski definition) is 6. The molecule has 0 saturated carbocycles. The van der Waals surface area contributed by atoms with E-state index in [2.05, 4.69) is 5.32 Å². The molecule has 0 aliphatic carbocycles. The highest BCUT2D eigenvalue weighted by Crippen LogP contribution is 2.25. The topological polar surface area (TPSA) is 97.7 Å². The smallest absolute Gasteiger partial charge is 0.309 e. The monoisotopic (exact) mass is 354 g/mol. The molecular weight excluding hydrogens is 336 g/mol. The number of rotatable bonds is 8. The Kier molecular flexibility index (Phi) is 7.01. The summed E-state index contributed by atoms with van der Waals surface area (Å²) in [6.45, 7) is -0.310. The summed E-state index contributed by atoms with van der Waals surface area (Å²) >= 11 is 0. The van der Waals surface area contributed by atoms with E-state index in [0.717, 1.165) is 0 Å². The van der Waals surface area contributed by atoms with Crippen molar-refractivity contribution in [1.82, 2.24) is 0 Å². The van der Waals surface area contributed by atoms with Crippen molar-refractivity contribution in [3.8, 4) is 17.6 Å². The molecule has 2 rings (SSSR count). The molecule has 0 atom stereocenters. The minimum atomic E-state index is -0.555. The summed E-state index contributed by atoms with van der Waals surface area (Å²) in [6.07, 6.45) is -0.00472. The summed E-state index contributed by atoms with van der Waals surface area (Å²) in [5, 5.41) is 11.4. The zero-order valence-corrected chi connectivity index (χ0v) is 14.2. The maximum Gasteiger partial charge on any atom is 0.309 e. The number of amides is 1. The number of para-hydroxylation sites is 2. The highest BCUT2D eigenvalue weighted by molar-refractivity contribution is 5.92. The number of carbonyl (C=O) groups excluding carboxylic acids is 2. The lowest BCUT2D eigenvalue weighted by Gasteiger charge is -2.10. The van der Waals surface area contributed by atoms with Crippen LogP contribution in [-0.4, -0.2) is 32.2 Å². The van der Waals surface area contributed by atoms with Crippen molar-refractivity contribution in [2.75, 3.05) is 25.6 Å². The molecular formula is C19H18N2O5. The van der Waals surface area contributed by atoms with Crippen LogP contribution < -0.4 is 14.8 Å². The Balaban J connectivity index is 1.71. The third kappa shape index (κ3) is 5.83. The summed E-state index contributed by atoms with van der Waals surface area (Å²) in [5.74, 6) is 0.0534.